The number of nitrogens with two attached hydrogens (primary N) is 1. The molecular formula is C14H18ClFN4O. The van der Waals surface area contributed by atoms with Crippen molar-refractivity contribution in [3.8, 4) is 0 Å². The molecule has 7 heteroatoms. The molecule has 2 rings (SSSR count). The van der Waals surface area contributed by atoms with Crippen LogP contribution in [0.25, 0.3) is 11.0 Å². The Morgan fingerprint density at radius 1 is 1.48 bits per heavy atom. The fraction of sp³-hybridized carbons (Fsp3) is 0.429. The number of carbonyl (C=O) groups is 1. The average molecular weight is 313 g/mol. The van der Waals surface area contributed by atoms with E-state index < -0.39 is 11.9 Å². The lowest BCUT2D eigenvalue weighted by molar-refractivity contribution is -0.133. The third kappa shape index (κ3) is 2.68. The highest BCUT2D eigenvalue weighted by molar-refractivity contribution is 6.31. The van der Waals surface area contributed by atoms with Crippen molar-refractivity contribution in [1.82, 2.24) is 14.5 Å². The summed E-state index contributed by atoms with van der Waals surface area (Å²) in [5.74, 6) is -0.456. The van der Waals surface area contributed by atoms with E-state index in [4.69, 9.17) is 17.3 Å². The number of hydrogen-bond donors (Lipinski definition) is 1. The van der Waals surface area contributed by atoms with Gasteiger partial charge in [-0.25, -0.2) is 9.37 Å². The second kappa shape index (κ2) is 5.89. The molecule has 0 fully saturated rings. The van der Waals surface area contributed by atoms with Crippen LogP contribution in [-0.2, 0) is 4.79 Å². The summed E-state index contributed by atoms with van der Waals surface area (Å²) in [4.78, 5) is 18.3. The van der Waals surface area contributed by atoms with E-state index in [1.165, 1.54) is 12.1 Å². The predicted molar refractivity (Wildman–Crippen MR) is 81.8 cm³/mol. The number of fused-ring (bicyclic) bond motifs is 1. The van der Waals surface area contributed by atoms with E-state index in [1.54, 1.807) is 16.4 Å². The average Bonchev–Trinajstić information content (AvgIpc) is 2.75. The van der Waals surface area contributed by atoms with Gasteiger partial charge in [-0.2, -0.15) is 0 Å². The molecule has 0 aliphatic rings. The maximum absolute atomic E-state index is 13.5. The minimum Gasteiger partial charge on any atom is -0.369 e. The molecule has 0 bridgehead atoms. The molecule has 1 amide bonds. The number of anilines is 1. The first kappa shape index (κ1) is 15.6. The van der Waals surface area contributed by atoms with Gasteiger partial charge in [-0.3, -0.25) is 9.36 Å². The van der Waals surface area contributed by atoms with Crippen LogP contribution < -0.4 is 5.73 Å². The lowest BCUT2D eigenvalue weighted by Gasteiger charge is -2.24. The van der Waals surface area contributed by atoms with E-state index in [0.717, 1.165) is 0 Å². The summed E-state index contributed by atoms with van der Waals surface area (Å²) in [7, 11) is 0. The normalized spacial score (nSPS) is 12.6. The van der Waals surface area contributed by atoms with Gasteiger partial charge in [-0.1, -0.05) is 11.6 Å². The number of likely N-dealkylation sites (N-methyl/N-ethyl adjacent to an activating group) is 1. The molecule has 1 heterocycles. The SMILES string of the molecule is CCN(CC)C(=O)C(C)n1c(N)nc2cc(F)c(Cl)cc21. The lowest BCUT2D eigenvalue weighted by Crippen LogP contribution is -2.36. The van der Waals surface area contributed by atoms with Crippen LogP contribution in [-0.4, -0.2) is 33.4 Å². The molecule has 21 heavy (non-hydrogen) atoms. The topological polar surface area (TPSA) is 64.2 Å². The first-order valence-corrected chi connectivity index (χ1v) is 7.19. The highest BCUT2D eigenvalue weighted by Gasteiger charge is 2.24. The maximum atomic E-state index is 13.5. The lowest BCUT2D eigenvalue weighted by atomic mass is 10.2. The fourth-order valence-corrected chi connectivity index (χ4v) is 2.58. The second-order valence-electron chi connectivity index (χ2n) is 4.78. The Morgan fingerprint density at radius 2 is 2.10 bits per heavy atom. The summed E-state index contributed by atoms with van der Waals surface area (Å²) in [6, 6.07) is 2.14. The minimum atomic E-state index is -0.559. The number of carbonyl (C=O) groups excluding carboxylic acids is 1. The molecule has 2 N–H and O–H groups in total. The Balaban J connectivity index is 2.53. The molecule has 1 atom stereocenters. The molecule has 1 aromatic heterocycles. The molecule has 2 aromatic rings. The zero-order valence-corrected chi connectivity index (χ0v) is 13.0. The molecular weight excluding hydrogens is 295 g/mol. The molecule has 114 valence electrons. The Hall–Kier alpha value is -1.82. The van der Waals surface area contributed by atoms with Crippen molar-refractivity contribution in [3.63, 3.8) is 0 Å². The molecule has 0 saturated carbocycles. The molecule has 0 radical (unpaired) electrons. The smallest absolute Gasteiger partial charge is 0.245 e. The molecule has 0 aliphatic heterocycles. The molecule has 0 aliphatic carbocycles. The molecule has 5 nitrogen and oxygen atoms in total. The van der Waals surface area contributed by atoms with Crippen molar-refractivity contribution >= 4 is 34.5 Å². The summed E-state index contributed by atoms with van der Waals surface area (Å²) >= 11 is 5.82. The van der Waals surface area contributed by atoms with E-state index in [9.17, 15) is 9.18 Å². The maximum Gasteiger partial charge on any atom is 0.245 e. The van der Waals surface area contributed by atoms with Gasteiger partial charge in [0.05, 0.1) is 16.1 Å². The quantitative estimate of drug-likeness (QED) is 0.944. The van der Waals surface area contributed by atoms with E-state index in [2.05, 4.69) is 4.98 Å². The third-order valence-electron chi connectivity index (χ3n) is 3.58. The van der Waals surface area contributed by atoms with Crippen LogP contribution >= 0.6 is 11.6 Å². The van der Waals surface area contributed by atoms with E-state index in [-0.39, 0.29) is 16.9 Å². The number of benzene rings is 1. The number of nitrogens with zero attached hydrogens (tertiary/aromatic N) is 3. The van der Waals surface area contributed by atoms with Crippen LogP contribution in [0, 0.1) is 5.82 Å². The van der Waals surface area contributed by atoms with Crippen LogP contribution in [0.2, 0.25) is 5.02 Å². The van der Waals surface area contributed by atoms with Gasteiger partial charge >= 0.3 is 0 Å². The highest BCUT2D eigenvalue weighted by atomic mass is 35.5. The highest BCUT2D eigenvalue weighted by Crippen LogP contribution is 2.28. The zero-order chi connectivity index (χ0) is 15.7. The Morgan fingerprint density at radius 3 is 2.67 bits per heavy atom. The second-order valence-corrected chi connectivity index (χ2v) is 5.19. The van der Waals surface area contributed by atoms with Gasteiger partial charge in [-0.05, 0) is 26.8 Å². The van der Waals surface area contributed by atoms with E-state index in [1.807, 2.05) is 13.8 Å². The number of halogens is 2. The van der Waals surface area contributed by atoms with Crippen LogP contribution in [0.1, 0.15) is 26.8 Å². The monoisotopic (exact) mass is 312 g/mol. The van der Waals surface area contributed by atoms with Crippen molar-refractivity contribution in [2.75, 3.05) is 18.8 Å². The first-order chi connectivity index (χ1) is 9.90. The number of hydrogen-bond acceptors (Lipinski definition) is 3. The van der Waals surface area contributed by atoms with Crippen LogP contribution in [0.5, 0.6) is 0 Å². The largest absolute Gasteiger partial charge is 0.369 e. The van der Waals surface area contributed by atoms with E-state index >= 15 is 0 Å². The number of amides is 1. The van der Waals surface area contributed by atoms with Gasteiger partial charge in [0.25, 0.3) is 0 Å². The summed E-state index contributed by atoms with van der Waals surface area (Å²) in [5, 5.41) is -0.0221. The molecule has 1 aromatic carbocycles. The van der Waals surface area contributed by atoms with Crippen LogP contribution in [0.15, 0.2) is 12.1 Å². The van der Waals surface area contributed by atoms with Gasteiger partial charge in [-0.15, -0.1) is 0 Å². The Bertz CT molecular complexity index is 681. The van der Waals surface area contributed by atoms with Gasteiger partial charge in [0, 0.05) is 19.2 Å². The van der Waals surface area contributed by atoms with Crippen molar-refractivity contribution in [2.45, 2.75) is 26.8 Å². The Labute approximate surface area is 127 Å². The summed E-state index contributed by atoms with van der Waals surface area (Å²) in [5.41, 5.74) is 6.82. The van der Waals surface area contributed by atoms with Crippen molar-refractivity contribution < 1.29 is 9.18 Å². The fourth-order valence-electron chi connectivity index (χ4n) is 2.43. The van der Waals surface area contributed by atoms with Crippen molar-refractivity contribution in [2.24, 2.45) is 0 Å². The standard InChI is InChI=1S/C14H18ClFN4O/c1-4-19(5-2)13(21)8(3)20-12-6-9(15)10(16)7-11(12)18-14(20)17/h6-8H,4-5H2,1-3H3,(H2,17,18). The number of nitrogen functional groups attached to an aromatic ring is 1. The molecule has 1 unspecified atom stereocenters. The van der Waals surface area contributed by atoms with Crippen LogP contribution in [0.3, 0.4) is 0 Å². The van der Waals surface area contributed by atoms with E-state index in [0.29, 0.717) is 24.1 Å². The number of aromatic nitrogens is 2. The van der Waals surface area contributed by atoms with Crippen molar-refractivity contribution in [3.05, 3.63) is 23.0 Å². The van der Waals surface area contributed by atoms with Crippen LogP contribution in [0.4, 0.5) is 10.3 Å². The predicted octanol–water partition coefficient (Wildman–Crippen LogP) is 2.84. The number of imidazole rings is 1. The third-order valence-corrected chi connectivity index (χ3v) is 3.87. The Kier molecular flexibility index (Phi) is 4.37. The first-order valence-electron chi connectivity index (χ1n) is 6.81. The summed E-state index contributed by atoms with van der Waals surface area (Å²) in [6.07, 6.45) is 0. The van der Waals surface area contributed by atoms with Gasteiger partial charge in [0.15, 0.2) is 0 Å². The minimum absolute atomic E-state index is 0.0221. The van der Waals surface area contributed by atoms with Gasteiger partial charge in [0.2, 0.25) is 11.9 Å². The zero-order valence-electron chi connectivity index (χ0n) is 12.2. The van der Waals surface area contributed by atoms with Crippen molar-refractivity contribution in [1.29, 1.82) is 0 Å². The number of rotatable bonds is 4. The molecule has 0 spiro atoms. The molecule has 0 saturated heterocycles. The summed E-state index contributed by atoms with van der Waals surface area (Å²) in [6.45, 7) is 6.80. The van der Waals surface area contributed by atoms with Gasteiger partial charge < -0.3 is 10.6 Å². The van der Waals surface area contributed by atoms with Gasteiger partial charge in [0.1, 0.15) is 11.9 Å². The summed E-state index contributed by atoms with van der Waals surface area (Å²) < 4.78 is 15.1.